The highest BCUT2D eigenvalue weighted by Gasteiger charge is 2.25. The quantitative estimate of drug-likeness (QED) is 0.118. The number of carbonyl (C=O) groups excluding carboxylic acids is 1. The Bertz CT molecular complexity index is 609. The van der Waals surface area contributed by atoms with Gasteiger partial charge in [0, 0.05) is 25.3 Å². The number of allylic oxidation sites excluding steroid dienone is 2. The van der Waals surface area contributed by atoms with Gasteiger partial charge in [-0.3, -0.25) is 4.79 Å². The van der Waals surface area contributed by atoms with Crippen LogP contribution in [0.4, 0.5) is 0 Å². The zero-order chi connectivity index (χ0) is 23.7. The second kappa shape index (κ2) is 17.2. The van der Waals surface area contributed by atoms with Crippen molar-refractivity contribution >= 4 is 5.97 Å². The molecule has 0 aromatic carbocycles. The molecule has 0 saturated heterocycles. The molecule has 0 bridgehead atoms. The van der Waals surface area contributed by atoms with E-state index < -0.39 is 0 Å². The normalized spacial score (nSPS) is 22.4. The van der Waals surface area contributed by atoms with Gasteiger partial charge in [0.25, 0.3) is 0 Å². The Balaban J connectivity index is 1.62. The predicted molar refractivity (Wildman–Crippen MR) is 140 cm³/mol. The minimum atomic E-state index is -0.0685. The van der Waals surface area contributed by atoms with Crippen LogP contribution in [-0.4, -0.2) is 38.1 Å². The van der Waals surface area contributed by atoms with Gasteiger partial charge in [-0.1, -0.05) is 76.4 Å². The molecule has 2 aliphatic carbocycles. The number of carbonyl (C=O) groups is 1. The average Bonchev–Trinajstić information content (AvgIpc) is 3.25. The highest BCUT2D eigenvalue weighted by molar-refractivity contribution is 5.69. The highest BCUT2D eigenvalue weighted by Crippen LogP contribution is 2.36. The molecule has 0 aromatic heterocycles. The van der Waals surface area contributed by atoms with Crippen LogP contribution >= 0.6 is 0 Å². The third kappa shape index (κ3) is 12.1. The van der Waals surface area contributed by atoms with Gasteiger partial charge in [0.2, 0.25) is 0 Å². The molecule has 0 amide bonds. The molecule has 0 aliphatic heterocycles. The number of unbranched alkanes of at least 4 members (excludes halogenated alkanes) is 1. The molecule has 0 spiro atoms. The molecule has 2 saturated carbocycles. The van der Waals surface area contributed by atoms with Gasteiger partial charge in [-0.05, 0) is 70.4 Å². The first-order valence-corrected chi connectivity index (χ1v) is 14.0. The van der Waals surface area contributed by atoms with Crippen LogP contribution in [0.3, 0.4) is 0 Å². The van der Waals surface area contributed by atoms with Crippen molar-refractivity contribution in [3.05, 3.63) is 12.2 Å². The van der Waals surface area contributed by atoms with Crippen LogP contribution in [0.1, 0.15) is 110 Å². The minimum Gasteiger partial charge on any atom is -0.464 e. The fourth-order valence-corrected chi connectivity index (χ4v) is 5.73. The van der Waals surface area contributed by atoms with E-state index in [0.29, 0.717) is 18.9 Å². The standard InChI is InChI=1S/C30H51NO2/c1-4-15-26(27-17-9-7-10-18-27)19-12-13-20-29-22-14-21-28(29)16-8-5-6-11-23-30(32)33-25-24-31(2)3/h5,8,26-29H,4,6-7,9-12,14-19,21-25H2,1-3H3/t26?,28-,29-/m0/s1. The summed E-state index contributed by atoms with van der Waals surface area (Å²) in [7, 11) is 3.97. The Morgan fingerprint density at radius 3 is 2.64 bits per heavy atom. The van der Waals surface area contributed by atoms with E-state index in [1.807, 2.05) is 19.0 Å². The second-order valence-electron chi connectivity index (χ2n) is 10.7. The molecule has 2 fully saturated rings. The van der Waals surface area contributed by atoms with Crippen LogP contribution in [0.25, 0.3) is 0 Å². The smallest absolute Gasteiger partial charge is 0.305 e. The van der Waals surface area contributed by atoms with Crippen molar-refractivity contribution in [1.29, 1.82) is 0 Å². The summed E-state index contributed by atoms with van der Waals surface area (Å²) in [4.78, 5) is 13.7. The van der Waals surface area contributed by atoms with Crippen LogP contribution < -0.4 is 0 Å². The van der Waals surface area contributed by atoms with E-state index in [4.69, 9.17) is 4.74 Å². The largest absolute Gasteiger partial charge is 0.464 e. The minimum absolute atomic E-state index is 0.0685. The van der Waals surface area contributed by atoms with Crippen molar-refractivity contribution in [1.82, 2.24) is 4.90 Å². The van der Waals surface area contributed by atoms with Crippen molar-refractivity contribution in [3.8, 4) is 11.8 Å². The van der Waals surface area contributed by atoms with Gasteiger partial charge >= 0.3 is 5.97 Å². The zero-order valence-electron chi connectivity index (χ0n) is 22.0. The van der Waals surface area contributed by atoms with Crippen molar-refractivity contribution in [3.63, 3.8) is 0 Å². The lowest BCUT2D eigenvalue weighted by molar-refractivity contribution is -0.144. The third-order valence-electron chi connectivity index (χ3n) is 7.72. The van der Waals surface area contributed by atoms with Crippen molar-refractivity contribution in [2.24, 2.45) is 23.7 Å². The Morgan fingerprint density at radius 1 is 1.06 bits per heavy atom. The van der Waals surface area contributed by atoms with E-state index in [-0.39, 0.29) is 5.97 Å². The van der Waals surface area contributed by atoms with Gasteiger partial charge in [0.05, 0.1) is 0 Å². The monoisotopic (exact) mass is 457 g/mol. The Morgan fingerprint density at radius 2 is 1.88 bits per heavy atom. The number of likely N-dealkylation sites (N-methyl/N-ethyl adjacent to an activating group) is 1. The summed E-state index contributed by atoms with van der Waals surface area (Å²) in [6.45, 7) is 3.62. The molecular formula is C30H51NO2. The number of nitrogens with zero attached hydrogens (tertiary/aromatic N) is 1. The van der Waals surface area contributed by atoms with Gasteiger partial charge in [-0.2, -0.15) is 0 Å². The number of rotatable bonds is 14. The number of ether oxygens (including phenoxy) is 1. The lowest BCUT2D eigenvalue weighted by Gasteiger charge is -2.29. The van der Waals surface area contributed by atoms with E-state index in [9.17, 15) is 4.79 Å². The maximum absolute atomic E-state index is 11.7. The summed E-state index contributed by atoms with van der Waals surface area (Å²) < 4.78 is 5.24. The summed E-state index contributed by atoms with van der Waals surface area (Å²) in [6.07, 6.45) is 24.5. The Hall–Kier alpha value is -1.27. The van der Waals surface area contributed by atoms with Crippen LogP contribution in [0.2, 0.25) is 0 Å². The Labute approximate surface area is 205 Å². The summed E-state index contributed by atoms with van der Waals surface area (Å²) in [5.74, 6) is 10.4. The van der Waals surface area contributed by atoms with Crippen molar-refractivity contribution < 1.29 is 9.53 Å². The van der Waals surface area contributed by atoms with Crippen LogP contribution in [0.5, 0.6) is 0 Å². The van der Waals surface area contributed by atoms with Gasteiger partial charge in [0.1, 0.15) is 6.61 Å². The van der Waals surface area contributed by atoms with E-state index >= 15 is 0 Å². The van der Waals surface area contributed by atoms with Gasteiger partial charge in [-0.15, -0.1) is 5.92 Å². The van der Waals surface area contributed by atoms with E-state index in [1.165, 1.54) is 70.6 Å². The molecule has 0 radical (unpaired) electrons. The van der Waals surface area contributed by atoms with Gasteiger partial charge in [-0.25, -0.2) is 0 Å². The van der Waals surface area contributed by atoms with Gasteiger partial charge in [0.15, 0.2) is 0 Å². The first-order valence-electron chi connectivity index (χ1n) is 14.0. The average molecular weight is 458 g/mol. The number of hydrogen-bond acceptors (Lipinski definition) is 3. The molecule has 0 aromatic rings. The first kappa shape index (κ1) is 28.0. The van der Waals surface area contributed by atoms with E-state index in [2.05, 4.69) is 30.9 Å². The maximum atomic E-state index is 11.7. The molecule has 0 heterocycles. The third-order valence-corrected chi connectivity index (χ3v) is 7.72. The summed E-state index contributed by atoms with van der Waals surface area (Å²) in [5.41, 5.74) is 0. The predicted octanol–water partition coefficient (Wildman–Crippen LogP) is 7.40. The lowest BCUT2D eigenvalue weighted by Crippen LogP contribution is -2.20. The molecule has 3 heteroatoms. The SMILES string of the molecule is CCCC(CCC#C[C@H]1CCC[C@@H]1CC=CCCCC(=O)OCCN(C)C)C1CCCCC1. The number of hydrogen-bond donors (Lipinski definition) is 0. The zero-order valence-corrected chi connectivity index (χ0v) is 22.0. The fourth-order valence-electron chi connectivity index (χ4n) is 5.73. The highest BCUT2D eigenvalue weighted by atomic mass is 16.5. The molecule has 2 rings (SSSR count). The molecule has 3 nitrogen and oxygen atoms in total. The summed E-state index contributed by atoms with van der Waals surface area (Å²) in [6, 6.07) is 0. The van der Waals surface area contributed by atoms with Crippen LogP contribution in [0, 0.1) is 35.5 Å². The summed E-state index contributed by atoms with van der Waals surface area (Å²) in [5, 5.41) is 0. The van der Waals surface area contributed by atoms with Crippen molar-refractivity contribution in [2.45, 2.75) is 110 Å². The topological polar surface area (TPSA) is 29.5 Å². The summed E-state index contributed by atoms with van der Waals surface area (Å²) >= 11 is 0. The molecule has 33 heavy (non-hydrogen) atoms. The second-order valence-corrected chi connectivity index (χ2v) is 10.7. The van der Waals surface area contributed by atoms with Crippen LogP contribution in [0.15, 0.2) is 12.2 Å². The fraction of sp³-hybridized carbons (Fsp3) is 0.833. The van der Waals surface area contributed by atoms with E-state index in [0.717, 1.165) is 50.0 Å². The molecule has 3 atom stereocenters. The molecule has 2 aliphatic rings. The van der Waals surface area contributed by atoms with E-state index in [1.54, 1.807) is 0 Å². The molecule has 1 unspecified atom stereocenters. The van der Waals surface area contributed by atoms with Crippen molar-refractivity contribution in [2.75, 3.05) is 27.2 Å². The Kier molecular flexibility index (Phi) is 14.6. The maximum Gasteiger partial charge on any atom is 0.305 e. The number of esters is 1. The van der Waals surface area contributed by atoms with Gasteiger partial charge < -0.3 is 9.64 Å². The first-order chi connectivity index (χ1) is 16.1. The molecule has 0 N–H and O–H groups in total. The molecular weight excluding hydrogens is 406 g/mol. The lowest BCUT2D eigenvalue weighted by atomic mass is 9.76. The molecule has 188 valence electrons. The van der Waals surface area contributed by atoms with Crippen LogP contribution in [-0.2, 0) is 9.53 Å².